The molecule has 6 heteroatoms. The summed E-state index contributed by atoms with van der Waals surface area (Å²) in [6, 6.07) is 7.53. The highest BCUT2D eigenvalue weighted by molar-refractivity contribution is 6.33. The van der Waals surface area contributed by atoms with Crippen molar-refractivity contribution in [2.75, 3.05) is 20.1 Å². The Morgan fingerprint density at radius 2 is 1.83 bits per heavy atom. The predicted molar refractivity (Wildman–Crippen MR) is 99.7 cm³/mol. The number of benzene rings is 1. The zero-order chi connectivity index (χ0) is 17.4. The molecule has 1 fully saturated rings. The van der Waals surface area contributed by atoms with E-state index in [-0.39, 0.29) is 5.91 Å². The lowest BCUT2D eigenvalue weighted by molar-refractivity contribution is 0.0954. The van der Waals surface area contributed by atoms with Gasteiger partial charge in [0.25, 0.3) is 5.91 Å². The molecule has 0 saturated heterocycles. The molecule has 1 saturated carbocycles. The van der Waals surface area contributed by atoms with Gasteiger partial charge in [-0.05, 0) is 43.7 Å². The number of carbonyl (C=O) groups excluding carboxylic acids is 1. The zero-order valence-electron chi connectivity index (χ0n) is 14.4. The molecule has 1 aromatic rings. The number of hydrogen-bond acceptors (Lipinski definition) is 2. The van der Waals surface area contributed by atoms with E-state index in [0.29, 0.717) is 29.7 Å². The Labute approximate surface area is 149 Å². The highest BCUT2D eigenvalue weighted by atomic mass is 35.5. The first-order valence-corrected chi connectivity index (χ1v) is 8.98. The number of rotatable bonds is 5. The van der Waals surface area contributed by atoms with E-state index in [1.165, 1.54) is 25.7 Å². The van der Waals surface area contributed by atoms with Crippen LogP contribution in [0.1, 0.15) is 43.0 Å². The molecule has 132 valence electrons. The third-order valence-electron chi connectivity index (χ3n) is 4.40. The second kappa shape index (κ2) is 9.52. The van der Waals surface area contributed by atoms with Crippen LogP contribution in [0, 0.1) is 5.92 Å². The van der Waals surface area contributed by atoms with Crippen molar-refractivity contribution >= 4 is 23.5 Å². The maximum atomic E-state index is 12.1. The molecule has 3 N–H and O–H groups in total. The van der Waals surface area contributed by atoms with Crippen molar-refractivity contribution in [2.24, 2.45) is 10.9 Å². The van der Waals surface area contributed by atoms with Crippen LogP contribution in [0.5, 0.6) is 0 Å². The highest BCUT2D eigenvalue weighted by Crippen LogP contribution is 2.23. The lowest BCUT2D eigenvalue weighted by Crippen LogP contribution is -2.46. The van der Waals surface area contributed by atoms with Crippen molar-refractivity contribution in [1.82, 2.24) is 16.0 Å². The van der Waals surface area contributed by atoms with E-state index in [0.717, 1.165) is 11.9 Å². The number of guanidine groups is 1. The SMILES string of the molecule is CN=C(NCCNC(=O)c1ccccc1Cl)NC1CCC(C)CC1. The minimum atomic E-state index is -0.161. The number of hydrogen-bond donors (Lipinski definition) is 3. The monoisotopic (exact) mass is 350 g/mol. The van der Waals surface area contributed by atoms with Gasteiger partial charge in [-0.25, -0.2) is 0 Å². The molecular weight excluding hydrogens is 324 g/mol. The summed E-state index contributed by atoms with van der Waals surface area (Å²) in [7, 11) is 1.77. The molecular formula is C18H27ClN4O. The van der Waals surface area contributed by atoms with Crippen LogP contribution in [0.15, 0.2) is 29.3 Å². The number of halogens is 1. The molecule has 1 aromatic carbocycles. The predicted octanol–water partition coefficient (Wildman–Crippen LogP) is 2.81. The average molecular weight is 351 g/mol. The fourth-order valence-corrected chi connectivity index (χ4v) is 3.11. The Morgan fingerprint density at radius 1 is 1.17 bits per heavy atom. The fourth-order valence-electron chi connectivity index (χ4n) is 2.89. The van der Waals surface area contributed by atoms with Crippen molar-refractivity contribution < 1.29 is 4.79 Å². The quantitative estimate of drug-likeness (QED) is 0.434. The van der Waals surface area contributed by atoms with Gasteiger partial charge in [-0.1, -0.05) is 30.7 Å². The van der Waals surface area contributed by atoms with E-state index in [1.54, 1.807) is 25.2 Å². The van der Waals surface area contributed by atoms with E-state index in [9.17, 15) is 4.79 Å². The molecule has 0 atom stereocenters. The maximum Gasteiger partial charge on any atom is 0.252 e. The minimum absolute atomic E-state index is 0.161. The van der Waals surface area contributed by atoms with Crippen LogP contribution in [0.25, 0.3) is 0 Å². The molecule has 1 aliphatic rings. The van der Waals surface area contributed by atoms with Gasteiger partial charge in [-0.15, -0.1) is 0 Å². The van der Waals surface area contributed by atoms with Crippen molar-refractivity contribution in [3.8, 4) is 0 Å². The normalized spacial score (nSPS) is 21.2. The van der Waals surface area contributed by atoms with E-state index < -0.39 is 0 Å². The second-order valence-corrected chi connectivity index (χ2v) is 6.74. The third kappa shape index (κ3) is 5.71. The summed E-state index contributed by atoms with van der Waals surface area (Å²) in [6.07, 6.45) is 4.90. The number of amides is 1. The number of carbonyl (C=O) groups is 1. The number of nitrogens with zero attached hydrogens (tertiary/aromatic N) is 1. The molecule has 0 bridgehead atoms. The fraction of sp³-hybridized carbons (Fsp3) is 0.556. The molecule has 2 rings (SSSR count). The van der Waals surface area contributed by atoms with Gasteiger partial charge < -0.3 is 16.0 Å². The Kier molecular flexibility index (Phi) is 7.37. The van der Waals surface area contributed by atoms with Crippen molar-refractivity contribution in [1.29, 1.82) is 0 Å². The molecule has 0 heterocycles. The van der Waals surface area contributed by atoms with E-state index in [1.807, 2.05) is 6.07 Å². The summed E-state index contributed by atoms with van der Waals surface area (Å²) >= 11 is 6.02. The maximum absolute atomic E-state index is 12.1. The van der Waals surface area contributed by atoms with Gasteiger partial charge in [0.05, 0.1) is 10.6 Å². The van der Waals surface area contributed by atoms with Crippen LogP contribution in [-0.4, -0.2) is 38.0 Å². The summed E-state index contributed by atoms with van der Waals surface area (Å²) in [5.41, 5.74) is 0.498. The topological polar surface area (TPSA) is 65.5 Å². The summed E-state index contributed by atoms with van der Waals surface area (Å²) < 4.78 is 0. The molecule has 0 aromatic heterocycles. The minimum Gasteiger partial charge on any atom is -0.355 e. The Morgan fingerprint density at radius 3 is 2.50 bits per heavy atom. The van der Waals surface area contributed by atoms with Crippen LogP contribution in [0.4, 0.5) is 0 Å². The first-order valence-electron chi connectivity index (χ1n) is 8.60. The van der Waals surface area contributed by atoms with E-state index in [4.69, 9.17) is 11.6 Å². The summed E-state index contributed by atoms with van der Waals surface area (Å²) in [5.74, 6) is 1.46. The Balaban J connectivity index is 1.69. The Hall–Kier alpha value is -1.75. The molecule has 5 nitrogen and oxygen atoms in total. The highest BCUT2D eigenvalue weighted by Gasteiger charge is 2.18. The van der Waals surface area contributed by atoms with Gasteiger partial charge in [-0.3, -0.25) is 9.79 Å². The van der Waals surface area contributed by atoms with Crippen LogP contribution in [0.3, 0.4) is 0 Å². The zero-order valence-corrected chi connectivity index (χ0v) is 15.2. The number of nitrogens with one attached hydrogen (secondary N) is 3. The van der Waals surface area contributed by atoms with Crippen molar-refractivity contribution in [3.05, 3.63) is 34.9 Å². The van der Waals surface area contributed by atoms with E-state index in [2.05, 4.69) is 27.9 Å². The summed E-state index contributed by atoms with van der Waals surface area (Å²) in [5, 5.41) is 10.0. The van der Waals surface area contributed by atoms with Crippen LogP contribution >= 0.6 is 11.6 Å². The van der Waals surface area contributed by atoms with Crippen LogP contribution in [-0.2, 0) is 0 Å². The van der Waals surface area contributed by atoms with Gasteiger partial charge in [0.15, 0.2) is 5.96 Å². The standard InChI is InChI=1S/C18H27ClN4O/c1-13-7-9-14(10-8-13)23-18(20-2)22-12-11-21-17(24)15-5-3-4-6-16(15)19/h3-6,13-14H,7-12H2,1-2H3,(H,21,24)(H2,20,22,23). The molecule has 0 radical (unpaired) electrons. The first kappa shape index (κ1) is 18.6. The van der Waals surface area contributed by atoms with Gasteiger partial charge in [0, 0.05) is 26.2 Å². The van der Waals surface area contributed by atoms with Gasteiger partial charge >= 0.3 is 0 Å². The van der Waals surface area contributed by atoms with Crippen LogP contribution < -0.4 is 16.0 Å². The third-order valence-corrected chi connectivity index (χ3v) is 4.73. The first-order chi connectivity index (χ1) is 11.6. The molecule has 0 aliphatic heterocycles. The average Bonchev–Trinajstić information content (AvgIpc) is 2.59. The lowest BCUT2D eigenvalue weighted by Gasteiger charge is -2.28. The largest absolute Gasteiger partial charge is 0.355 e. The molecule has 1 aliphatic carbocycles. The second-order valence-electron chi connectivity index (χ2n) is 6.34. The van der Waals surface area contributed by atoms with E-state index >= 15 is 0 Å². The Bertz CT molecular complexity index is 568. The van der Waals surface area contributed by atoms with Crippen molar-refractivity contribution in [3.63, 3.8) is 0 Å². The number of aliphatic imine (C=N–C) groups is 1. The van der Waals surface area contributed by atoms with Gasteiger partial charge in [0.1, 0.15) is 0 Å². The summed E-state index contributed by atoms with van der Waals surface area (Å²) in [6.45, 7) is 3.43. The smallest absolute Gasteiger partial charge is 0.252 e. The van der Waals surface area contributed by atoms with Gasteiger partial charge in [-0.2, -0.15) is 0 Å². The van der Waals surface area contributed by atoms with Crippen molar-refractivity contribution in [2.45, 2.75) is 38.6 Å². The molecule has 0 unspecified atom stereocenters. The van der Waals surface area contributed by atoms with Crippen LogP contribution in [0.2, 0.25) is 5.02 Å². The molecule has 0 spiro atoms. The lowest BCUT2D eigenvalue weighted by atomic mass is 9.87. The summed E-state index contributed by atoms with van der Waals surface area (Å²) in [4.78, 5) is 16.3. The molecule has 1 amide bonds. The molecule has 24 heavy (non-hydrogen) atoms. The van der Waals surface area contributed by atoms with Gasteiger partial charge in [0.2, 0.25) is 0 Å².